The summed E-state index contributed by atoms with van der Waals surface area (Å²) in [4.78, 5) is 25.9. The molecule has 0 saturated carbocycles. The molecule has 0 radical (unpaired) electrons. The van der Waals surface area contributed by atoms with Gasteiger partial charge in [0.2, 0.25) is 0 Å². The zero-order chi connectivity index (χ0) is 13.1. The third-order valence-corrected chi connectivity index (χ3v) is 2.16. The largest absolute Gasteiger partial charge is 0.443 e. The minimum absolute atomic E-state index is 0.439. The Balaban J connectivity index is 2.81. The fourth-order valence-electron chi connectivity index (χ4n) is 1.39. The number of nitrogens with one attached hydrogen (secondary N) is 1. The first kappa shape index (κ1) is 13.5. The van der Waals surface area contributed by atoms with Crippen molar-refractivity contribution in [1.29, 1.82) is 0 Å². The topological polar surface area (TPSA) is 64.1 Å². The van der Waals surface area contributed by atoms with Crippen LogP contribution in [0.15, 0.2) is 11.0 Å². The van der Waals surface area contributed by atoms with Gasteiger partial charge in [-0.3, -0.25) is 0 Å². The lowest BCUT2D eigenvalue weighted by atomic mass is 10.2. The summed E-state index contributed by atoms with van der Waals surface area (Å²) in [6, 6.07) is 0. The van der Waals surface area contributed by atoms with Gasteiger partial charge in [0.25, 0.3) is 0 Å². The van der Waals surface area contributed by atoms with E-state index in [9.17, 15) is 9.59 Å². The maximum absolute atomic E-state index is 11.7. The van der Waals surface area contributed by atoms with Gasteiger partial charge in [0.05, 0.1) is 0 Å². The number of ether oxygens (including phenoxy) is 1. The molecule has 0 amide bonds. The third kappa shape index (κ3) is 4.09. The molecule has 0 aliphatic carbocycles. The smallest absolute Gasteiger partial charge is 0.422 e. The van der Waals surface area contributed by atoms with Gasteiger partial charge in [0, 0.05) is 11.9 Å². The summed E-state index contributed by atoms with van der Waals surface area (Å²) in [6.07, 6.45) is 3.67. The highest BCUT2D eigenvalue weighted by atomic mass is 16.6. The quantitative estimate of drug-likeness (QED) is 0.881. The first-order chi connectivity index (χ1) is 7.83. The third-order valence-electron chi connectivity index (χ3n) is 2.16. The average Bonchev–Trinajstić information content (AvgIpc) is 2.54. The Morgan fingerprint density at radius 1 is 1.47 bits per heavy atom. The number of imidazole rings is 1. The van der Waals surface area contributed by atoms with E-state index < -0.39 is 17.4 Å². The van der Waals surface area contributed by atoms with E-state index in [0.717, 1.165) is 29.5 Å². The zero-order valence-corrected chi connectivity index (χ0v) is 10.9. The van der Waals surface area contributed by atoms with Gasteiger partial charge < -0.3 is 9.72 Å². The minimum Gasteiger partial charge on any atom is -0.443 e. The molecule has 1 aromatic rings. The van der Waals surface area contributed by atoms with Crippen LogP contribution in [0, 0.1) is 0 Å². The van der Waals surface area contributed by atoms with Gasteiger partial charge in [0.1, 0.15) is 5.60 Å². The van der Waals surface area contributed by atoms with Crippen molar-refractivity contribution in [2.45, 2.75) is 52.6 Å². The number of hydrogen-bond acceptors (Lipinski definition) is 3. The normalized spacial score (nSPS) is 11.5. The minimum atomic E-state index is -0.638. The van der Waals surface area contributed by atoms with E-state index in [1.165, 1.54) is 6.20 Å². The van der Waals surface area contributed by atoms with Gasteiger partial charge in [-0.1, -0.05) is 13.3 Å². The fourth-order valence-corrected chi connectivity index (χ4v) is 1.39. The number of aryl methyl sites for hydroxylation is 1. The molecule has 0 spiro atoms. The molecule has 1 heterocycles. The van der Waals surface area contributed by atoms with E-state index >= 15 is 0 Å². The Bertz CT molecular complexity index is 437. The van der Waals surface area contributed by atoms with Crippen molar-refractivity contribution in [2.75, 3.05) is 0 Å². The molecule has 0 aromatic carbocycles. The van der Waals surface area contributed by atoms with Gasteiger partial charge in [-0.15, -0.1) is 0 Å². The van der Waals surface area contributed by atoms with Crippen molar-refractivity contribution >= 4 is 6.09 Å². The summed E-state index contributed by atoms with van der Waals surface area (Å²) in [7, 11) is 0. The number of H-pyrrole nitrogens is 1. The zero-order valence-electron chi connectivity index (χ0n) is 10.9. The molecule has 0 saturated heterocycles. The summed E-state index contributed by atoms with van der Waals surface area (Å²) < 4.78 is 6.11. The van der Waals surface area contributed by atoms with Crippen molar-refractivity contribution in [3.63, 3.8) is 0 Å². The molecule has 17 heavy (non-hydrogen) atoms. The molecular formula is C12H20N2O3. The maximum atomic E-state index is 11.7. The van der Waals surface area contributed by atoms with Crippen LogP contribution in [0.1, 0.15) is 46.2 Å². The molecule has 0 bridgehead atoms. The molecule has 0 aliphatic heterocycles. The van der Waals surface area contributed by atoms with E-state index in [2.05, 4.69) is 11.9 Å². The molecule has 0 atom stereocenters. The van der Waals surface area contributed by atoms with Crippen molar-refractivity contribution in [1.82, 2.24) is 9.55 Å². The van der Waals surface area contributed by atoms with Crippen molar-refractivity contribution < 1.29 is 9.53 Å². The first-order valence-corrected chi connectivity index (χ1v) is 5.87. The fraction of sp³-hybridized carbons (Fsp3) is 0.667. The van der Waals surface area contributed by atoms with Gasteiger partial charge >= 0.3 is 11.8 Å². The van der Waals surface area contributed by atoms with E-state index in [1.54, 1.807) is 20.8 Å². The second-order valence-electron chi connectivity index (χ2n) is 5.04. The molecule has 0 unspecified atom stereocenters. The highest BCUT2D eigenvalue weighted by Crippen LogP contribution is 2.08. The predicted octanol–water partition coefficient (Wildman–Crippen LogP) is 2.30. The number of hydrogen-bond donors (Lipinski definition) is 1. The number of carbonyl (C=O) groups is 1. The number of unbranched alkanes of at least 4 members (excludes halogenated alkanes) is 1. The van der Waals surface area contributed by atoms with Crippen LogP contribution in [0.3, 0.4) is 0 Å². The summed E-state index contributed by atoms with van der Waals surface area (Å²) in [5.74, 6) is 0. The number of aromatic amines is 1. The van der Waals surface area contributed by atoms with Crippen LogP contribution in [-0.2, 0) is 11.2 Å². The van der Waals surface area contributed by atoms with Crippen LogP contribution >= 0.6 is 0 Å². The number of aromatic nitrogens is 2. The maximum Gasteiger partial charge on any atom is 0.422 e. The Labute approximate surface area is 101 Å². The second kappa shape index (κ2) is 5.21. The summed E-state index contributed by atoms with van der Waals surface area (Å²) in [5.41, 5.74) is -0.273. The molecule has 0 fully saturated rings. The lowest BCUT2D eigenvalue weighted by Crippen LogP contribution is -2.31. The van der Waals surface area contributed by atoms with Gasteiger partial charge in [-0.2, -0.15) is 0 Å². The second-order valence-corrected chi connectivity index (χ2v) is 5.04. The number of carbonyl (C=O) groups excluding carboxylic acids is 1. The summed E-state index contributed by atoms with van der Waals surface area (Å²) >= 11 is 0. The SMILES string of the molecule is CCCCc1cn(C(=O)OC(C)(C)C)c(=O)[nH]1. The standard InChI is InChI=1S/C12H20N2O3/c1-5-6-7-9-8-14(10(15)13-9)11(16)17-12(2,3)4/h8H,5-7H2,1-4H3,(H,13,15). The van der Waals surface area contributed by atoms with E-state index in [4.69, 9.17) is 4.74 Å². The van der Waals surface area contributed by atoms with Crippen LogP contribution < -0.4 is 5.69 Å². The van der Waals surface area contributed by atoms with E-state index in [1.807, 2.05) is 0 Å². The monoisotopic (exact) mass is 240 g/mol. The molecule has 1 aromatic heterocycles. The van der Waals surface area contributed by atoms with Crippen LogP contribution in [0.5, 0.6) is 0 Å². The van der Waals surface area contributed by atoms with Crippen molar-refractivity contribution in [2.24, 2.45) is 0 Å². The summed E-state index contributed by atoms with van der Waals surface area (Å²) in [6.45, 7) is 7.37. The lowest BCUT2D eigenvalue weighted by Gasteiger charge is -2.18. The predicted molar refractivity (Wildman–Crippen MR) is 65.3 cm³/mol. The van der Waals surface area contributed by atoms with Crippen LogP contribution in [0.25, 0.3) is 0 Å². The number of nitrogens with zero attached hydrogens (tertiary/aromatic N) is 1. The Morgan fingerprint density at radius 3 is 2.65 bits per heavy atom. The van der Waals surface area contributed by atoms with Gasteiger partial charge in [-0.25, -0.2) is 14.2 Å². The Hall–Kier alpha value is -1.52. The highest BCUT2D eigenvalue weighted by Gasteiger charge is 2.19. The highest BCUT2D eigenvalue weighted by molar-refractivity contribution is 5.70. The molecule has 5 heteroatoms. The first-order valence-electron chi connectivity index (χ1n) is 5.87. The van der Waals surface area contributed by atoms with E-state index in [0.29, 0.717) is 0 Å². The van der Waals surface area contributed by atoms with Gasteiger partial charge in [-0.05, 0) is 33.6 Å². The van der Waals surface area contributed by atoms with Crippen LogP contribution in [0.4, 0.5) is 4.79 Å². The molecule has 96 valence electrons. The van der Waals surface area contributed by atoms with Gasteiger partial charge in [0.15, 0.2) is 0 Å². The van der Waals surface area contributed by atoms with Crippen molar-refractivity contribution in [3.05, 3.63) is 22.4 Å². The molecule has 5 nitrogen and oxygen atoms in total. The Kier molecular flexibility index (Phi) is 4.15. The molecule has 1 rings (SSSR count). The van der Waals surface area contributed by atoms with Crippen LogP contribution in [0.2, 0.25) is 0 Å². The van der Waals surface area contributed by atoms with E-state index in [-0.39, 0.29) is 0 Å². The average molecular weight is 240 g/mol. The Morgan fingerprint density at radius 2 is 2.12 bits per heavy atom. The molecule has 0 aliphatic rings. The number of rotatable bonds is 3. The summed E-state index contributed by atoms with van der Waals surface area (Å²) in [5, 5.41) is 0. The van der Waals surface area contributed by atoms with Crippen molar-refractivity contribution in [3.8, 4) is 0 Å². The lowest BCUT2D eigenvalue weighted by molar-refractivity contribution is 0.0531. The molecular weight excluding hydrogens is 220 g/mol. The van der Waals surface area contributed by atoms with Crippen LogP contribution in [-0.4, -0.2) is 21.2 Å². The molecule has 1 N–H and O–H groups in total.